The Hall–Kier alpha value is -0.640. The lowest BCUT2D eigenvalue weighted by Gasteiger charge is -1.74. The molecule has 1 aromatic heterocycles. The summed E-state index contributed by atoms with van der Waals surface area (Å²) in [7, 11) is 1.78. The number of rotatable bonds is 0. The number of aryl methyl sites for hydroxylation is 1. The molecule has 7 heavy (non-hydrogen) atoms. The Morgan fingerprint density at radius 3 is 2.86 bits per heavy atom. The molecule has 0 atom stereocenters. The zero-order valence-corrected chi connectivity index (χ0v) is 4.60. The molecule has 38 valence electrons. The fraction of sp³-hybridized carbons (Fsp3) is 0.333. The summed E-state index contributed by atoms with van der Waals surface area (Å²) >= 11 is 4.62. The van der Waals surface area contributed by atoms with Gasteiger partial charge in [0, 0.05) is 7.05 Å². The van der Waals surface area contributed by atoms with Crippen LogP contribution in [0.3, 0.4) is 0 Å². The third-order valence-electron chi connectivity index (χ3n) is 0.639. The third-order valence-corrected chi connectivity index (χ3v) is 1.00. The molecule has 1 aromatic rings. The molecule has 1 rings (SSSR count). The van der Waals surface area contributed by atoms with Crippen molar-refractivity contribution in [3.05, 3.63) is 11.2 Å². The van der Waals surface area contributed by atoms with Crippen molar-refractivity contribution in [2.75, 3.05) is 0 Å². The fourth-order valence-corrected chi connectivity index (χ4v) is 0.341. The molecular weight excluding hydrogens is 112 g/mol. The minimum atomic E-state index is 0.403. The van der Waals surface area contributed by atoms with Crippen LogP contribution in [0, 0.1) is 4.84 Å². The van der Waals surface area contributed by atoms with Crippen molar-refractivity contribution in [1.82, 2.24) is 9.72 Å². The van der Waals surface area contributed by atoms with Crippen LogP contribution >= 0.6 is 12.2 Å². The maximum absolute atomic E-state index is 4.62. The number of aromatic nitrogens is 2. The van der Waals surface area contributed by atoms with Crippen LogP contribution < -0.4 is 0 Å². The van der Waals surface area contributed by atoms with Gasteiger partial charge in [-0.3, -0.25) is 4.57 Å². The van der Waals surface area contributed by atoms with Gasteiger partial charge in [0.25, 0.3) is 4.84 Å². The van der Waals surface area contributed by atoms with Crippen molar-refractivity contribution in [3.63, 3.8) is 0 Å². The van der Waals surface area contributed by atoms with Gasteiger partial charge in [-0.05, 0) is 12.2 Å². The van der Waals surface area contributed by atoms with E-state index in [2.05, 4.69) is 21.9 Å². The topological polar surface area (TPSA) is 31.0 Å². The lowest BCUT2D eigenvalue weighted by atomic mass is 11.1. The highest BCUT2D eigenvalue weighted by Crippen LogP contribution is 1.82. The van der Waals surface area contributed by atoms with E-state index in [1.54, 1.807) is 11.6 Å². The normalized spacial score (nSPS) is 9.29. The Morgan fingerprint density at radius 2 is 2.71 bits per heavy atom. The molecular formula is C3H4N2OS. The third kappa shape index (κ3) is 0.691. The average Bonchev–Trinajstić information content (AvgIpc) is 1.91. The van der Waals surface area contributed by atoms with Gasteiger partial charge in [0.1, 0.15) is 6.33 Å². The van der Waals surface area contributed by atoms with Crippen LogP contribution in [0.5, 0.6) is 0 Å². The Balaban J connectivity index is 3.39. The van der Waals surface area contributed by atoms with Gasteiger partial charge >= 0.3 is 0 Å². The second kappa shape index (κ2) is 1.46. The van der Waals surface area contributed by atoms with E-state index in [1.165, 1.54) is 6.33 Å². The van der Waals surface area contributed by atoms with Crippen LogP contribution in [-0.2, 0) is 7.05 Å². The first kappa shape index (κ1) is 4.52. The van der Waals surface area contributed by atoms with Gasteiger partial charge in [0.2, 0.25) is 0 Å². The van der Waals surface area contributed by atoms with Crippen LogP contribution in [0.2, 0.25) is 0 Å². The summed E-state index contributed by atoms with van der Waals surface area (Å²) in [5, 5.41) is 3.41. The van der Waals surface area contributed by atoms with E-state index < -0.39 is 0 Å². The van der Waals surface area contributed by atoms with Gasteiger partial charge in [0.05, 0.1) is 0 Å². The molecule has 0 aliphatic carbocycles. The molecule has 0 radical (unpaired) electrons. The molecule has 0 amide bonds. The summed E-state index contributed by atoms with van der Waals surface area (Å²) in [6.07, 6.45) is 1.52. The fourth-order valence-electron chi connectivity index (χ4n) is 0.251. The van der Waals surface area contributed by atoms with Gasteiger partial charge in [0.15, 0.2) is 0 Å². The molecule has 0 bridgehead atoms. The Bertz CT molecular complexity index is 201. The van der Waals surface area contributed by atoms with E-state index in [0.29, 0.717) is 4.84 Å². The van der Waals surface area contributed by atoms with E-state index in [1.807, 2.05) is 0 Å². The Labute approximate surface area is 45.6 Å². The summed E-state index contributed by atoms with van der Waals surface area (Å²) in [6, 6.07) is 0. The van der Waals surface area contributed by atoms with E-state index in [9.17, 15) is 0 Å². The van der Waals surface area contributed by atoms with Crippen LogP contribution in [0.25, 0.3) is 0 Å². The highest BCUT2D eigenvalue weighted by atomic mass is 32.1. The van der Waals surface area contributed by atoms with Gasteiger partial charge in [-0.2, -0.15) is 0 Å². The second-order valence-corrected chi connectivity index (χ2v) is 1.54. The summed E-state index contributed by atoms with van der Waals surface area (Å²) < 4.78 is 6.11. The highest BCUT2D eigenvalue weighted by Gasteiger charge is 1.81. The maximum atomic E-state index is 4.62. The minimum absolute atomic E-state index is 0.403. The number of hydrogen-bond donors (Lipinski definition) is 0. The molecule has 0 aromatic carbocycles. The molecule has 0 aliphatic rings. The lowest BCUT2D eigenvalue weighted by molar-refractivity contribution is 0.399. The smallest absolute Gasteiger partial charge is 0.296 e. The van der Waals surface area contributed by atoms with Gasteiger partial charge in [-0.15, -0.1) is 0 Å². The molecule has 4 heteroatoms. The molecule has 0 saturated heterocycles. The van der Waals surface area contributed by atoms with E-state index in [4.69, 9.17) is 0 Å². The minimum Gasteiger partial charge on any atom is -0.324 e. The lowest BCUT2D eigenvalue weighted by Crippen LogP contribution is -1.80. The number of hydrogen-bond acceptors (Lipinski definition) is 3. The van der Waals surface area contributed by atoms with Crippen molar-refractivity contribution in [2.45, 2.75) is 0 Å². The molecule has 0 N–H and O–H groups in total. The molecule has 0 unspecified atom stereocenters. The molecule has 0 spiro atoms. The zero-order chi connectivity index (χ0) is 5.28. The quantitative estimate of drug-likeness (QED) is 0.468. The summed E-state index contributed by atoms with van der Waals surface area (Å²) in [5.74, 6) is 0. The van der Waals surface area contributed by atoms with E-state index in [0.717, 1.165) is 0 Å². The van der Waals surface area contributed by atoms with Crippen LogP contribution in [-0.4, -0.2) is 9.72 Å². The van der Waals surface area contributed by atoms with Crippen molar-refractivity contribution in [1.29, 1.82) is 0 Å². The molecule has 0 fully saturated rings. The van der Waals surface area contributed by atoms with Gasteiger partial charge < -0.3 is 4.52 Å². The van der Waals surface area contributed by atoms with Gasteiger partial charge in [-0.25, -0.2) is 0 Å². The number of nitrogens with zero attached hydrogens (tertiary/aromatic N) is 2. The largest absolute Gasteiger partial charge is 0.324 e. The molecule has 0 aliphatic heterocycles. The monoisotopic (exact) mass is 116 g/mol. The first-order valence-electron chi connectivity index (χ1n) is 1.78. The van der Waals surface area contributed by atoms with E-state index >= 15 is 0 Å². The van der Waals surface area contributed by atoms with Crippen LogP contribution in [0.15, 0.2) is 10.9 Å². The Kier molecular flexibility index (Phi) is 0.941. The van der Waals surface area contributed by atoms with Crippen LogP contribution in [0.4, 0.5) is 0 Å². The second-order valence-electron chi connectivity index (χ2n) is 1.19. The maximum Gasteiger partial charge on any atom is 0.296 e. The standard InChI is InChI=1S/C3H4N2OS/c1-5-2-4-6-3(5)7/h2H,1H3. The summed E-state index contributed by atoms with van der Waals surface area (Å²) in [5.41, 5.74) is 0. The average molecular weight is 116 g/mol. The van der Waals surface area contributed by atoms with Crippen molar-refractivity contribution in [2.24, 2.45) is 7.05 Å². The predicted molar refractivity (Wildman–Crippen MR) is 26.3 cm³/mol. The molecule has 3 nitrogen and oxygen atoms in total. The summed E-state index contributed by atoms with van der Waals surface area (Å²) in [4.78, 5) is 0.403. The predicted octanol–water partition coefficient (Wildman–Crippen LogP) is 0.743. The Morgan fingerprint density at radius 1 is 2.00 bits per heavy atom. The van der Waals surface area contributed by atoms with Crippen molar-refractivity contribution in [3.8, 4) is 0 Å². The van der Waals surface area contributed by atoms with Crippen molar-refractivity contribution < 1.29 is 4.52 Å². The van der Waals surface area contributed by atoms with Crippen LogP contribution in [0.1, 0.15) is 0 Å². The molecule has 0 saturated carbocycles. The SMILES string of the molecule is Cn1cnoc1=S. The zero-order valence-electron chi connectivity index (χ0n) is 3.79. The highest BCUT2D eigenvalue weighted by molar-refractivity contribution is 7.71. The first-order valence-corrected chi connectivity index (χ1v) is 2.19. The molecule has 1 heterocycles. The van der Waals surface area contributed by atoms with Crippen molar-refractivity contribution >= 4 is 12.2 Å². The summed E-state index contributed by atoms with van der Waals surface area (Å²) in [6.45, 7) is 0. The first-order chi connectivity index (χ1) is 3.30. The van der Waals surface area contributed by atoms with Gasteiger partial charge in [-0.1, -0.05) is 5.16 Å². The van der Waals surface area contributed by atoms with E-state index in [-0.39, 0.29) is 0 Å².